The number of ether oxygens (including phenoxy) is 1. The van der Waals surface area contributed by atoms with E-state index in [9.17, 15) is 0 Å². The van der Waals surface area contributed by atoms with E-state index in [0.717, 1.165) is 0 Å². The molecule has 60 valence electrons. The molecule has 0 spiro atoms. The van der Waals surface area contributed by atoms with Gasteiger partial charge in [0.1, 0.15) is 0 Å². The predicted octanol–water partition coefficient (Wildman–Crippen LogP) is -1.67. The van der Waals surface area contributed by atoms with Crippen molar-refractivity contribution < 1.29 is 14.9 Å². The molecule has 0 saturated carbocycles. The molecule has 2 atom stereocenters. The van der Waals surface area contributed by atoms with Crippen LogP contribution in [0.3, 0.4) is 0 Å². The molecule has 3 N–H and O–H groups in total. The van der Waals surface area contributed by atoms with Gasteiger partial charge in [-0.25, -0.2) is 0 Å². The van der Waals surface area contributed by atoms with Gasteiger partial charge in [-0.15, -0.1) is 0 Å². The molecule has 1 aliphatic rings. The Morgan fingerprint density at radius 1 is 1.20 bits per heavy atom. The summed E-state index contributed by atoms with van der Waals surface area (Å²) >= 11 is 0. The molecule has 0 aromatic carbocycles. The normalized spacial score (nSPS) is 34.2. The zero-order chi connectivity index (χ0) is 7.40. The smallest absolute Gasteiger partial charge is 0.0935 e. The van der Waals surface area contributed by atoms with Crippen LogP contribution < -0.4 is 5.32 Å². The molecule has 0 aromatic rings. The van der Waals surface area contributed by atoms with Gasteiger partial charge in [0.05, 0.1) is 25.4 Å². The second-order valence-electron chi connectivity index (χ2n) is 2.40. The Balaban J connectivity index is 2.25. The Morgan fingerprint density at radius 2 is 1.70 bits per heavy atom. The highest BCUT2D eigenvalue weighted by molar-refractivity contribution is 4.72. The van der Waals surface area contributed by atoms with Gasteiger partial charge in [0.25, 0.3) is 0 Å². The van der Waals surface area contributed by atoms with Gasteiger partial charge in [-0.3, -0.25) is 0 Å². The number of rotatable bonds is 2. The highest BCUT2D eigenvalue weighted by Crippen LogP contribution is 2.01. The van der Waals surface area contributed by atoms with Gasteiger partial charge in [-0.2, -0.15) is 0 Å². The average molecular weight is 147 g/mol. The van der Waals surface area contributed by atoms with E-state index in [1.165, 1.54) is 0 Å². The molecule has 1 rings (SSSR count). The molecule has 4 heteroatoms. The lowest BCUT2D eigenvalue weighted by Gasteiger charge is -2.28. The molecular formula is C6H13NO3. The largest absolute Gasteiger partial charge is 0.394 e. The lowest BCUT2D eigenvalue weighted by molar-refractivity contribution is -0.0788. The Labute approximate surface area is 59.8 Å². The molecule has 0 aliphatic carbocycles. The summed E-state index contributed by atoms with van der Waals surface area (Å²) in [5, 5.41) is 20.4. The van der Waals surface area contributed by atoms with Crippen molar-refractivity contribution in [2.75, 3.05) is 26.3 Å². The minimum atomic E-state index is -0.147. The predicted molar refractivity (Wildman–Crippen MR) is 35.7 cm³/mol. The zero-order valence-corrected chi connectivity index (χ0v) is 5.79. The first kappa shape index (κ1) is 7.94. The maximum Gasteiger partial charge on any atom is 0.0935 e. The number of hydrogen-bond donors (Lipinski definition) is 3. The van der Waals surface area contributed by atoms with E-state index in [2.05, 4.69) is 5.32 Å². The van der Waals surface area contributed by atoms with Gasteiger partial charge >= 0.3 is 0 Å². The summed E-state index contributed by atoms with van der Waals surface area (Å²) in [4.78, 5) is 0. The molecule has 0 unspecified atom stereocenters. The van der Waals surface area contributed by atoms with Crippen molar-refractivity contribution in [3.63, 3.8) is 0 Å². The topological polar surface area (TPSA) is 61.7 Å². The van der Waals surface area contributed by atoms with Crippen molar-refractivity contribution >= 4 is 0 Å². The van der Waals surface area contributed by atoms with Crippen molar-refractivity contribution in [1.29, 1.82) is 0 Å². The number of nitrogens with one attached hydrogen (secondary N) is 1. The van der Waals surface area contributed by atoms with Crippen LogP contribution in [0.5, 0.6) is 0 Å². The monoisotopic (exact) mass is 147 g/mol. The minimum Gasteiger partial charge on any atom is -0.394 e. The van der Waals surface area contributed by atoms with Crippen molar-refractivity contribution in [1.82, 2.24) is 5.32 Å². The first-order valence-electron chi connectivity index (χ1n) is 3.44. The lowest BCUT2D eigenvalue weighted by Crippen LogP contribution is -2.47. The standard InChI is InChI=1S/C6H13NO3/c8-3-5-1-7-2-6(4-9)10-5/h5-9H,1-4H2/t5-,6-/m1/s1. The molecule has 0 amide bonds. The highest BCUT2D eigenvalue weighted by Gasteiger charge is 2.19. The first-order chi connectivity index (χ1) is 4.86. The average Bonchev–Trinajstić information content (AvgIpc) is 2.05. The van der Waals surface area contributed by atoms with Crippen molar-refractivity contribution in [2.45, 2.75) is 12.2 Å². The molecule has 1 fully saturated rings. The maximum atomic E-state index is 8.66. The van der Waals surface area contributed by atoms with Crippen LogP contribution in [0.2, 0.25) is 0 Å². The fraction of sp³-hybridized carbons (Fsp3) is 1.00. The third-order valence-corrected chi connectivity index (χ3v) is 1.54. The molecule has 0 aromatic heterocycles. The van der Waals surface area contributed by atoms with Gasteiger partial charge < -0.3 is 20.3 Å². The maximum absolute atomic E-state index is 8.66. The van der Waals surface area contributed by atoms with E-state index < -0.39 is 0 Å². The summed E-state index contributed by atoms with van der Waals surface area (Å²) in [5.74, 6) is 0. The van der Waals surface area contributed by atoms with E-state index in [4.69, 9.17) is 14.9 Å². The van der Waals surface area contributed by atoms with Gasteiger partial charge in [-0.1, -0.05) is 0 Å². The Kier molecular flexibility index (Phi) is 3.08. The van der Waals surface area contributed by atoms with Crippen LogP contribution in [-0.2, 0) is 4.74 Å². The number of aliphatic hydroxyl groups excluding tert-OH is 2. The summed E-state index contributed by atoms with van der Waals surface area (Å²) in [7, 11) is 0. The Morgan fingerprint density at radius 3 is 2.10 bits per heavy atom. The van der Waals surface area contributed by atoms with Gasteiger partial charge in [0.2, 0.25) is 0 Å². The molecule has 4 nitrogen and oxygen atoms in total. The molecule has 1 aliphatic heterocycles. The summed E-state index contributed by atoms with van der Waals surface area (Å²) in [6.07, 6.45) is -0.295. The Hall–Kier alpha value is -0.160. The zero-order valence-electron chi connectivity index (χ0n) is 5.79. The number of morpholine rings is 1. The van der Waals surface area contributed by atoms with Crippen LogP contribution in [0.4, 0.5) is 0 Å². The third-order valence-electron chi connectivity index (χ3n) is 1.54. The quantitative estimate of drug-likeness (QED) is 0.437. The fourth-order valence-corrected chi connectivity index (χ4v) is 0.989. The van der Waals surface area contributed by atoms with Crippen LogP contribution in [-0.4, -0.2) is 48.7 Å². The van der Waals surface area contributed by atoms with E-state index in [0.29, 0.717) is 13.1 Å². The molecule has 0 radical (unpaired) electrons. The second-order valence-corrected chi connectivity index (χ2v) is 2.40. The van der Waals surface area contributed by atoms with E-state index in [-0.39, 0.29) is 25.4 Å². The minimum absolute atomic E-state index is 0.0174. The first-order valence-corrected chi connectivity index (χ1v) is 3.44. The summed E-state index contributed by atoms with van der Waals surface area (Å²) in [6.45, 7) is 1.38. The summed E-state index contributed by atoms with van der Waals surface area (Å²) in [6, 6.07) is 0. The molecule has 1 heterocycles. The van der Waals surface area contributed by atoms with Gasteiger partial charge in [0.15, 0.2) is 0 Å². The summed E-state index contributed by atoms with van der Waals surface area (Å²) < 4.78 is 5.22. The molecular weight excluding hydrogens is 134 g/mol. The van der Waals surface area contributed by atoms with Crippen molar-refractivity contribution in [2.24, 2.45) is 0 Å². The van der Waals surface area contributed by atoms with Gasteiger partial charge in [0, 0.05) is 13.1 Å². The van der Waals surface area contributed by atoms with E-state index in [1.807, 2.05) is 0 Å². The second kappa shape index (κ2) is 3.88. The summed E-state index contributed by atoms with van der Waals surface area (Å²) in [5.41, 5.74) is 0. The Bertz CT molecular complexity index is 89.0. The SMILES string of the molecule is OC[C@H]1CNC[C@H](CO)O1. The van der Waals surface area contributed by atoms with E-state index in [1.54, 1.807) is 0 Å². The molecule has 10 heavy (non-hydrogen) atoms. The van der Waals surface area contributed by atoms with Crippen molar-refractivity contribution in [3.8, 4) is 0 Å². The highest BCUT2D eigenvalue weighted by atomic mass is 16.5. The van der Waals surface area contributed by atoms with Crippen molar-refractivity contribution in [3.05, 3.63) is 0 Å². The van der Waals surface area contributed by atoms with Crippen LogP contribution in [0.25, 0.3) is 0 Å². The molecule has 1 saturated heterocycles. The van der Waals surface area contributed by atoms with Crippen LogP contribution in [0.1, 0.15) is 0 Å². The molecule has 0 bridgehead atoms. The van der Waals surface area contributed by atoms with Crippen LogP contribution in [0.15, 0.2) is 0 Å². The van der Waals surface area contributed by atoms with Crippen LogP contribution >= 0.6 is 0 Å². The van der Waals surface area contributed by atoms with Gasteiger partial charge in [-0.05, 0) is 0 Å². The number of hydrogen-bond acceptors (Lipinski definition) is 4. The van der Waals surface area contributed by atoms with Crippen LogP contribution in [0, 0.1) is 0 Å². The van der Waals surface area contributed by atoms with E-state index >= 15 is 0 Å². The number of aliphatic hydroxyl groups is 2. The fourth-order valence-electron chi connectivity index (χ4n) is 0.989. The lowest BCUT2D eigenvalue weighted by atomic mass is 10.2. The third kappa shape index (κ3) is 1.91.